The van der Waals surface area contributed by atoms with Crippen LogP contribution in [0.2, 0.25) is 0 Å². The number of likely N-dealkylation sites (N-methyl/N-ethyl adjacent to an activating group) is 1. The first-order chi connectivity index (χ1) is 9.84. The minimum Gasteiger partial charge on any atom is -0.304 e. The third-order valence-electron chi connectivity index (χ3n) is 3.70. The number of hydrogen-bond acceptors (Lipinski definition) is 3. The molecule has 21 heavy (non-hydrogen) atoms. The molecule has 0 spiro atoms. The molecule has 1 atom stereocenters. The van der Waals surface area contributed by atoms with Crippen LogP contribution in [0.1, 0.15) is 18.1 Å². The lowest BCUT2D eigenvalue weighted by molar-refractivity contribution is -0.137. The molecular weight excluding hydrogens is 279 g/mol. The van der Waals surface area contributed by atoms with E-state index in [4.69, 9.17) is 0 Å². The number of halogens is 3. The van der Waals surface area contributed by atoms with Crippen molar-refractivity contribution in [3.8, 4) is 0 Å². The Morgan fingerprint density at radius 1 is 1.19 bits per heavy atom. The fourth-order valence-corrected chi connectivity index (χ4v) is 2.52. The molecule has 1 aromatic rings. The van der Waals surface area contributed by atoms with Crippen molar-refractivity contribution >= 4 is 0 Å². The van der Waals surface area contributed by atoms with Crippen molar-refractivity contribution in [1.82, 2.24) is 15.3 Å². The molecule has 0 aromatic heterocycles. The molecule has 2 rings (SSSR count). The van der Waals surface area contributed by atoms with Crippen LogP contribution in [0.25, 0.3) is 0 Å². The molecule has 1 N–H and O–H groups in total. The Kier molecular flexibility index (Phi) is 5.24. The predicted molar refractivity (Wildman–Crippen MR) is 76.8 cm³/mol. The Bertz CT molecular complexity index is 454. The maximum Gasteiger partial charge on any atom is 0.416 e. The molecule has 0 saturated carbocycles. The van der Waals surface area contributed by atoms with Crippen molar-refractivity contribution < 1.29 is 13.2 Å². The molecule has 1 aliphatic heterocycles. The molecule has 3 nitrogen and oxygen atoms in total. The first-order valence-corrected chi connectivity index (χ1v) is 7.20. The first-order valence-electron chi connectivity index (χ1n) is 7.20. The van der Waals surface area contributed by atoms with E-state index in [0.29, 0.717) is 12.0 Å². The topological polar surface area (TPSA) is 18.5 Å². The van der Waals surface area contributed by atoms with Gasteiger partial charge in [-0.2, -0.15) is 13.2 Å². The average molecular weight is 301 g/mol. The van der Waals surface area contributed by atoms with Gasteiger partial charge in [0.05, 0.1) is 5.56 Å². The van der Waals surface area contributed by atoms with Crippen molar-refractivity contribution in [3.05, 3.63) is 35.4 Å². The highest BCUT2D eigenvalue weighted by Gasteiger charge is 2.30. The van der Waals surface area contributed by atoms with Gasteiger partial charge in [-0.05, 0) is 32.0 Å². The third kappa shape index (κ3) is 4.98. The second-order valence-corrected chi connectivity index (χ2v) is 5.72. The quantitative estimate of drug-likeness (QED) is 0.921. The lowest BCUT2D eigenvalue weighted by atomic mass is 10.0. The maximum absolute atomic E-state index is 12.7. The molecule has 0 bridgehead atoms. The molecule has 1 aliphatic rings. The average Bonchev–Trinajstić information content (AvgIpc) is 2.41. The summed E-state index contributed by atoms with van der Waals surface area (Å²) in [5.41, 5.74) is 3.50. The molecule has 6 heteroatoms. The Labute approximate surface area is 123 Å². The number of nitrogens with zero attached hydrogens (tertiary/aromatic N) is 2. The number of benzene rings is 1. The Morgan fingerprint density at radius 3 is 2.48 bits per heavy atom. The van der Waals surface area contributed by atoms with Gasteiger partial charge in [0.1, 0.15) is 0 Å². The highest BCUT2D eigenvalue weighted by molar-refractivity contribution is 5.26. The van der Waals surface area contributed by atoms with Crippen molar-refractivity contribution in [2.45, 2.75) is 25.6 Å². The monoisotopic (exact) mass is 301 g/mol. The van der Waals surface area contributed by atoms with Gasteiger partial charge in [0, 0.05) is 32.2 Å². The van der Waals surface area contributed by atoms with Crippen LogP contribution >= 0.6 is 0 Å². The van der Waals surface area contributed by atoms with E-state index in [1.54, 1.807) is 6.07 Å². The van der Waals surface area contributed by atoms with Gasteiger partial charge in [0.25, 0.3) is 0 Å². The minimum absolute atomic E-state index is 0.108. The Hall–Kier alpha value is -1.11. The number of rotatable bonds is 4. The summed E-state index contributed by atoms with van der Waals surface area (Å²) in [4.78, 5) is 2.26. The molecule has 1 unspecified atom stereocenters. The lowest BCUT2D eigenvalue weighted by Gasteiger charge is -2.34. The standard InChI is InChI=1S/C15H22F3N3/c1-12(19-21-8-6-20(2)7-9-21)10-13-4-3-5-14(11-13)15(16,17)18/h3-5,11-12,19H,6-10H2,1-2H3. The van der Waals surface area contributed by atoms with Crippen molar-refractivity contribution in [3.63, 3.8) is 0 Å². The molecular formula is C15H22F3N3. The molecule has 1 saturated heterocycles. The van der Waals surface area contributed by atoms with Crippen LogP contribution in [-0.4, -0.2) is 49.2 Å². The van der Waals surface area contributed by atoms with E-state index >= 15 is 0 Å². The normalized spacial score (nSPS) is 19.7. The van der Waals surface area contributed by atoms with Gasteiger partial charge in [0.15, 0.2) is 0 Å². The van der Waals surface area contributed by atoms with E-state index in [2.05, 4.69) is 22.4 Å². The van der Waals surface area contributed by atoms with Crippen LogP contribution in [0.15, 0.2) is 24.3 Å². The third-order valence-corrected chi connectivity index (χ3v) is 3.70. The van der Waals surface area contributed by atoms with Gasteiger partial charge in [-0.1, -0.05) is 18.2 Å². The summed E-state index contributed by atoms with van der Waals surface area (Å²) < 4.78 is 38.1. The summed E-state index contributed by atoms with van der Waals surface area (Å²) in [6.45, 7) is 5.87. The summed E-state index contributed by atoms with van der Waals surface area (Å²) in [7, 11) is 2.09. The van der Waals surface area contributed by atoms with Crippen LogP contribution < -0.4 is 5.43 Å². The van der Waals surface area contributed by atoms with Crippen molar-refractivity contribution in [2.24, 2.45) is 0 Å². The van der Waals surface area contributed by atoms with Crippen LogP contribution in [0.5, 0.6) is 0 Å². The second-order valence-electron chi connectivity index (χ2n) is 5.72. The fraction of sp³-hybridized carbons (Fsp3) is 0.600. The van der Waals surface area contributed by atoms with E-state index < -0.39 is 11.7 Å². The predicted octanol–water partition coefficient (Wildman–Crippen LogP) is 2.39. The van der Waals surface area contributed by atoms with Crippen molar-refractivity contribution in [1.29, 1.82) is 0 Å². The van der Waals surface area contributed by atoms with Crippen LogP contribution in [0, 0.1) is 0 Å². The van der Waals surface area contributed by atoms with Gasteiger partial charge in [-0.15, -0.1) is 0 Å². The number of hydrogen-bond donors (Lipinski definition) is 1. The van der Waals surface area contributed by atoms with E-state index in [9.17, 15) is 13.2 Å². The molecule has 0 aliphatic carbocycles. The summed E-state index contributed by atoms with van der Waals surface area (Å²) >= 11 is 0. The lowest BCUT2D eigenvalue weighted by Crippen LogP contribution is -2.53. The Morgan fingerprint density at radius 2 is 1.86 bits per heavy atom. The largest absolute Gasteiger partial charge is 0.416 e. The van der Waals surface area contributed by atoms with Crippen LogP contribution in [-0.2, 0) is 12.6 Å². The summed E-state index contributed by atoms with van der Waals surface area (Å²) in [5, 5.41) is 2.15. The van der Waals surface area contributed by atoms with E-state index in [-0.39, 0.29) is 6.04 Å². The molecule has 1 fully saturated rings. The number of piperazine rings is 1. The van der Waals surface area contributed by atoms with Crippen molar-refractivity contribution in [2.75, 3.05) is 33.2 Å². The van der Waals surface area contributed by atoms with Gasteiger partial charge >= 0.3 is 6.18 Å². The van der Waals surface area contributed by atoms with Crippen LogP contribution in [0.3, 0.4) is 0 Å². The fourth-order valence-electron chi connectivity index (χ4n) is 2.52. The van der Waals surface area contributed by atoms with Gasteiger partial charge in [0.2, 0.25) is 0 Å². The zero-order valence-electron chi connectivity index (χ0n) is 12.5. The highest BCUT2D eigenvalue weighted by atomic mass is 19.4. The zero-order valence-corrected chi connectivity index (χ0v) is 12.5. The van der Waals surface area contributed by atoms with E-state index in [0.717, 1.165) is 32.2 Å². The smallest absolute Gasteiger partial charge is 0.304 e. The Balaban J connectivity index is 1.89. The van der Waals surface area contributed by atoms with E-state index in [1.807, 2.05) is 6.92 Å². The first kappa shape index (κ1) is 16.3. The summed E-state index contributed by atoms with van der Waals surface area (Å²) in [6, 6.07) is 5.68. The summed E-state index contributed by atoms with van der Waals surface area (Å²) in [5.74, 6) is 0. The van der Waals surface area contributed by atoms with Crippen LogP contribution in [0.4, 0.5) is 13.2 Å². The highest BCUT2D eigenvalue weighted by Crippen LogP contribution is 2.29. The number of nitrogens with one attached hydrogen (secondary N) is 1. The number of hydrazine groups is 1. The summed E-state index contributed by atoms with van der Waals surface area (Å²) in [6.07, 6.45) is -3.69. The van der Waals surface area contributed by atoms with E-state index in [1.165, 1.54) is 12.1 Å². The second kappa shape index (κ2) is 6.77. The molecule has 1 heterocycles. The molecule has 0 radical (unpaired) electrons. The van der Waals surface area contributed by atoms with Gasteiger partial charge in [-0.3, -0.25) is 5.43 Å². The SMILES string of the molecule is CC(Cc1cccc(C(F)(F)F)c1)NN1CCN(C)CC1. The minimum atomic E-state index is -4.27. The maximum atomic E-state index is 12.7. The zero-order chi connectivity index (χ0) is 15.5. The van der Waals surface area contributed by atoms with Gasteiger partial charge < -0.3 is 4.90 Å². The molecule has 1 aromatic carbocycles. The number of alkyl halides is 3. The van der Waals surface area contributed by atoms with Gasteiger partial charge in [-0.25, -0.2) is 5.01 Å². The molecule has 118 valence electrons. The molecule has 0 amide bonds.